The number of nitrogens with one attached hydrogen (secondary N) is 2. The number of fused-ring (bicyclic) bond motifs is 1. The minimum absolute atomic E-state index is 0.0596. The molecule has 3 aromatic rings. The third-order valence-electron chi connectivity index (χ3n) is 5.04. The first-order valence-corrected chi connectivity index (χ1v) is 9.28. The Bertz CT molecular complexity index is 870. The molecule has 0 radical (unpaired) electrons. The van der Waals surface area contributed by atoms with E-state index in [0.717, 1.165) is 30.6 Å². The molecule has 0 saturated heterocycles. The summed E-state index contributed by atoms with van der Waals surface area (Å²) in [6.07, 6.45) is 7.90. The number of H-pyrrole nitrogens is 1. The molecule has 3 heterocycles. The minimum Gasteiger partial charge on any atom is -0.367 e. The van der Waals surface area contributed by atoms with Crippen molar-refractivity contribution in [2.75, 3.05) is 0 Å². The summed E-state index contributed by atoms with van der Waals surface area (Å²) in [6.45, 7) is 2.98. The highest BCUT2D eigenvalue weighted by molar-refractivity contribution is 5.95. The van der Waals surface area contributed by atoms with Crippen LogP contribution in [0.2, 0.25) is 0 Å². The van der Waals surface area contributed by atoms with E-state index in [1.165, 1.54) is 24.1 Å². The third-order valence-corrected chi connectivity index (χ3v) is 5.04. The van der Waals surface area contributed by atoms with Crippen LogP contribution in [0.4, 0.5) is 0 Å². The van der Waals surface area contributed by atoms with Gasteiger partial charge in [0.1, 0.15) is 0 Å². The molecule has 2 aromatic heterocycles. The maximum absolute atomic E-state index is 12.8. The Labute approximate surface area is 153 Å². The summed E-state index contributed by atoms with van der Waals surface area (Å²) in [6, 6.07) is 12.2. The van der Waals surface area contributed by atoms with Crippen molar-refractivity contribution in [3.8, 4) is 0 Å². The standard InChI is InChI=1S/C21H24N4O/c1-15(20-12-18-9-5-6-10-25(18)24-20)23-21(26)19-14-22-13-17(19)11-16-7-3-2-4-8-16/h2-4,7-8,12-15,22H,5-6,9-11H2,1H3,(H,23,26). The summed E-state index contributed by atoms with van der Waals surface area (Å²) >= 11 is 0. The van der Waals surface area contributed by atoms with E-state index in [4.69, 9.17) is 0 Å². The monoisotopic (exact) mass is 348 g/mol. The number of carbonyl (C=O) groups excluding carboxylic acids is 1. The van der Waals surface area contributed by atoms with Crippen molar-refractivity contribution in [1.29, 1.82) is 0 Å². The third kappa shape index (κ3) is 3.43. The Morgan fingerprint density at radius 2 is 2.12 bits per heavy atom. The van der Waals surface area contributed by atoms with Crippen LogP contribution in [0, 0.1) is 0 Å². The van der Waals surface area contributed by atoms with Crippen LogP contribution in [0.15, 0.2) is 48.8 Å². The molecule has 5 nitrogen and oxygen atoms in total. The maximum atomic E-state index is 12.8. The second-order valence-corrected chi connectivity index (χ2v) is 6.99. The Hall–Kier alpha value is -2.82. The van der Waals surface area contributed by atoms with Crippen LogP contribution in [-0.4, -0.2) is 20.7 Å². The number of hydrogen-bond donors (Lipinski definition) is 2. The van der Waals surface area contributed by atoms with E-state index in [1.54, 1.807) is 6.20 Å². The Balaban J connectivity index is 1.46. The van der Waals surface area contributed by atoms with E-state index in [1.807, 2.05) is 31.3 Å². The molecule has 5 heteroatoms. The molecule has 0 aliphatic carbocycles. The fourth-order valence-electron chi connectivity index (χ4n) is 3.57. The van der Waals surface area contributed by atoms with Crippen molar-refractivity contribution in [2.45, 2.75) is 45.2 Å². The minimum atomic E-state index is -0.111. The van der Waals surface area contributed by atoms with Crippen LogP contribution in [0.1, 0.15) is 58.7 Å². The molecular formula is C21H24N4O. The van der Waals surface area contributed by atoms with Crippen molar-refractivity contribution in [2.24, 2.45) is 0 Å². The molecule has 0 spiro atoms. The quantitative estimate of drug-likeness (QED) is 0.739. The van der Waals surface area contributed by atoms with Crippen LogP contribution < -0.4 is 5.32 Å². The van der Waals surface area contributed by atoms with E-state index >= 15 is 0 Å². The summed E-state index contributed by atoms with van der Waals surface area (Å²) in [4.78, 5) is 15.8. The van der Waals surface area contributed by atoms with Crippen molar-refractivity contribution >= 4 is 5.91 Å². The molecule has 1 atom stereocenters. The summed E-state index contributed by atoms with van der Waals surface area (Å²) in [7, 11) is 0. The topological polar surface area (TPSA) is 62.7 Å². The van der Waals surface area contributed by atoms with Crippen LogP contribution in [0.5, 0.6) is 0 Å². The average Bonchev–Trinajstić information content (AvgIpc) is 3.29. The van der Waals surface area contributed by atoms with Gasteiger partial charge in [0.05, 0.1) is 17.3 Å². The lowest BCUT2D eigenvalue weighted by molar-refractivity contribution is 0.0938. The Morgan fingerprint density at radius 1 is 1.27 bits per heavy atom. The highest BCUT2D eigenvalue weighted by Gasteiger charge is 2.20. The Kier molecular flexibility index (Phi) is 4.61. The van der Waals surface area contributed by atoms with Gasteiger partial charge >= 0.3 is 0 Å². The number of nitrogens with zero attached hydrogens (tertiary/aromatic N) is 2. The van der Waals surface area contributed by atoms with Crippen LogP contribution in [-0.2, 0) is 19.4 Å². The molecule has 1 aliphatic heterocycles. The largest absolute Gasteiger partial charge is 0.367 e. The second kappa shape index (κ2) is 7.20. The lowest BCUT2D eigenvalue weighted by Gasteiger charge is -2.13. The molecule has 0 saturated carbocycles. The molecule has 1 aliphatic rings. The van der Waals surface area contributed by atoms with Gasteiger partial charge in [0.25, 0.3) is 5.91 Å². The fraction of sp³-hybridized carbons (Fsp3) is 0.333. The van der Waals surface area contributed by atoms with E-state index < -0.39 is 0 Å². The van der Waals surface area contributed by atoms with Crippen LogP contribution in [0.25, 0.3) is 0 Å². The van der Waals surface area contributed by atoms with Gasteiger partial charge in [-0.05, 0) is 49.8 Å². The number of carbonyl (C=O) groups is 1. The number of aromatic amines is 1. The zero-order valence-electron chi connectivity index (χ0n) is 15.0. The van der Waals surface area contributed by atoms with Gasteiger partial charge in [-0.3, -0.25) is 9.48 Å². The normalized spacial score (nSPS) is 14.7. The molecule has 134 valence electrons. The second-order valence-electron chi connectivity index (χ2n) is 6.99. The highest BCUT2D eigenvalue weighted by atomic mass is 16.1. The molecule has 0 fully saturated rings. The molecule has 26 heavy (non-hydrogen) atoms. The van der Waals surface area contributed by atoms with E-state index in [2.05, 4.69) is 38.3 Å². The lowest BCUT2D eigenvalue weighted by atomic mass is 10.0. The summed E-state index contributed by atoms with van der Waals surface area (Å²) in [5.41, 5.74) is 5.11. The summed E-state index contributed by atoms with van der Waals surface area (Å²) < 4.78 is 2.08. The molecule has 4 rings (SSSR count). The molecule has 2 N–H and O–H groups in total. The van der Waals surface area contributed by atoms with Gasteiger partial charge < -0.3 is 10.3 Å². The fourth-order valence-corrected chi connectivity index (χ4v) is 3.57. The van der Waals surface area contributed by atoms with E-state index in [9.17, 15) is 4.79 Å². The molecule has 0 bridgehead atoms. The van der Waals surface area contributed by atoms with Gasteiger partial charge in [0, 0.05) is 24.6 Å². The zero-order chi connectivity index (χ0) is 17.9. The van der Waals surface area contributed by atoms with Crippen molar-refractivity contribution < 1.29 is 4.79 Å². The number of aryl methyl sites for hydroxylation is 2. The molecular weight excluding hydrogens is 324 g/mol. The highest BCUT2D eigenvalue weighted by Crippen LogP contribution is 2.20. The van der Waals surface area contributed by atoms with Crippen LogP contribution >= 0.6 is 0 Å². The first kappa shape index (κ1) is 16.6. The maximum Gasteiger partial charge on any atom is 0.253 e. The summed E-state index contributed by atoms with van der Waals surface area (Å²) in [5.74, 6) is -0.0596. The van der Waals surface area contributed by atoms with Crippen molar-refractivity contribution in [1.82, 2.24) is 20.1 Å². The van der Waals surface area contributed by atoms with Gasteiger partial charge in [-0.2, -0.15) is 5.10 Å². The number of benzene rings is 1. The van der Waals surface area contributed by atoms with Crippen molar-refractivity contribution in [3.63, 3.8) is 0 Å². The van der Waals surface area contributed by atoms with Gasteiger partial charge in [-0.15, -0.1) is 0 Å². The lowest BCUT2D eigenvalue weighted by Crippen LogP contribution is -2.27. The number of rotatable bonds is 5. The summed E-state index contributed by atoms with van der Waals surface area (Å²) in [5, 5.41) is 7.77. The van der Waals surface area contributed by atoms with Crippen molar-refractivity contribution in [3.05, 3.63) is 76.9 Å². The molecule has 1 aromatic carbocycles. The number of aromatic nitrogens is 3. The SMILES string of the molecule is CC(NC(=O)c1c[nH]cc1Cc1ccccc1)c1cc2n(n1)CCCC2. The van der Waals surface area contributed by atoms with Gasteiger partial charge in [0.2, 0.25) is 0 Å². The van der Waals surface area contributed by atoms with E-state index in [-0.39, 0.29) is 11.9 Å². The van der Waals surface area contributed by atoms with Gasteiger partial charge in [0.15, 0.2) is 0 Å². The first-order chi connectivity index (χ1) is 12.7. The van der Waals surface area contributed by atoms with Crippen LogP contribution in [0.3, 0.4) is 0 Å². The predicted octanol–water partition coefficient (Wildman–Crippen LogP) is 3.63. The zero-order valence-corrected chi connectivity index (χ0v) is 15.0. The predicted molar refractivity (Wildman–Crippen MR) is 101 cm³/mol. The first-order valence-electron chi connectivity index (χ1n) is 9.28. The number of hydrogen-bond acceptors (Lipinski definition) is 2. The number of amides is 1. The average molecular weight is 348 g/mol. The molecule has 1 amide bonds. The smallest absolute Gasteiger partial charge is 0.253 e. The Morgan fingerprint density at radius 3 is 2.92 bits per heavy atom. The molecule has 1 unspecified atom stereocenters. The van der Waals surface area contributed by atoms with Gasteiger partial charge in [-0.1, -0.05) is 30.3 Å². The van der Waals surface area contributed by atoms with E-state index in [0.29, 0.717) is 5.56 Å². The van der Waals surface area contributed by atoms with Gasteiger partial charge in [-0.25, -0.2) is 0 Å².